The third-order valence-corrected chi connectivity index (χ3v) is 6.58. The van der Waals surface area contributed by atoms with Crippen LogP contribution in [0.3, 0.4) is 0 Å². The Bertz CT molecular complexity index is 520. The first kappa shape index (κ1) is 24.0. The van der Waals surface area contributed by atoms with Gasteiger partial charge in [-0.2, -0.15) is 0 Å². The first-order chi connectivity index (χ1) is 14.3. The minimum absolute atomic E-state index is 0.468. The van der Waals surface area contributed by atoms with Gasteiger partial charge in [-0.25, -0.2) is 0 Å². The predicted octanol–water partition coefficient (Wildman–Crippen LogP) is 9.02. The Hall–Kier alpha value is -1.24. The molecule has 1 nitrogen and oxygen atoms in total. The summed E-state index contributed by atoms with van der Waals surface area (Å²) in [5, 5.41) is 0. The van der Waals surface area contributed by atoms with Crippen LogP contribution in [0, 0.1) is 5.92 Å². The lowest BCUT2D eigenvalue weighted by Gasteiger charge is -2.40. The summed E-state index contributed by atoms with van der Waals surface area (Å²) in [5.41, 5.74) is 1.47. The van der Waals surface area contributed by atoms with Gasteiger partial charge in [0, 0.05) is 0 Å². The van der Waals surface area contributed by atoms with Crippen molar-refractivity contribution in [2.24, 2.45) is 5.92 Å². The third kappa shape index (κ3) is 10.4. The number of hydrogen-bond donors (Lipinski definition) is 0. The molecule has 0 spiro atoms. The first-order valence-corrected chi connectivity index (χ1v) is 12.7. The molecule has 1 aromatic rings. The summed E-state index contributed by atoms with van der Waals surface area (Å²) in [6, 6.07) is 10.9. The van der Waals surface area contributed by atoms with Gasteiger partial charge in [0.25, 0.3) is 0 Å². The van der Waals surface area contributed by atoms with Gasteiger partial charge in [-0.15, -0.1) is 0 Å². The van der Waals surface area contributed by atoms with E-state index in [1.807, 2.05) is 0 Å². The lowest BCUT2D eigenvalue weighted by Crippen LogP contribution is -2.37. The van der Waals surface area contributed by atoms with Crippen LogP contribution < -0.4 is 0 Å². The SMILES string of the molecule is C=C1O[C@@H](CCCCCCCCCCCCC)[C@@H]1CCCCCc1ccccc1. The molecule has 164 valence electrons. The molecule has 2 rings (SSSR count). The Labute approximate surface area is 181 Å². The van der Waals surface area contributed by atoms with E-state index >= 15 is 0 Å². The lowest BCUT2D eigenvalue weighted by molar-refractivity contribution is -0.0524. The van der Waals surface area contributed by atoms with Crippen LogP contribution in [0.1, 0.15) is 115 Å². The number of ether oxygens (including phenoxy) is 1. The quantitative estimate of drug-likeness (QED) is 0.224. The molecular weight excluding hydrogens is 352 g/mol. The molecule has 0 saturated carbocycles. The van der Waals surface area contributed by atoms with Crippen LogP contribution in [0.4, 0.5) is 0 Å². The van der Waals surface area contributed by atoms with Crippen LogP contribution in [0.5, 0.6) is 0 Å². The van der Waals surface area contributed by atoms with Crippen LogP contribution in [0.2, 0.25) is 0 Å². The third-order valence-electron chi connectivity index (χ3n) is 6.58. The highest BCUT2D eigenvalue weighted by Crippen LogP contribution is 2.38. The maximum atomic E-state index is 5.88. The van der Waals surface area contributed by atoms with Crippen molar-refractivity contribution >= 4 is 0 Å². The summed E-state index contributed by atoms with van der Waals surface area (Å²) in [6.07, 6.45) is 23.7. The lowest BCUT2D eigenvalue weighted by atomic mass is 9.86. The molecule has 1 heterocycles. The molecule has 0 aromatic heterocycles. The number of rotatable bonds is 18. The number of aryl methyl sites for hydroxylation is 1. The fraction of sp³-hybridized carbons (Fsp3) is 0.714. The van der Waals surface area contributed by atoms with Crippen LogP contribution in [0.15, 0.2) is 42.7 Å². The Morgan fingerprint density at radius 3 is 1.86 bits per heavy atom. The van der Waals surface area contributed by atoms with Gasteiger partial charge in [-0.05, 0) is 37.7 Å². The Kier molecular flexibility index (Phi) is 12.9. The predicted molar refractivity (Wildman–Crippen MR) is 127 cm³/mol. The molecular formula is C28H46O. The van der Waals surface area contributed by atoms with E-state index in [2.05, 4.69) is 43.8 Å². The first-order valence-electron chi connectivity index (χ1n) is 12.7. The maximum Gasteiger partial charge on any atom is 0.108 e. The summed E-state index contributed by atoms with van der Waals surface area (Å²) in [6.45, 7) is 6.41. The highest BCUT2D eigenvalue weighted by molar-refractivity contribution is 5.14. The van der Waals surface area contributed by atoms with E-state index in [1.165, 1.54) is 115 Å². The van der Waals surface area contributed by atoms with E-state index in [4.69, 9.17) is 4.74 Å². The van der Waals surface area contributed by atoms with Crippen molar-refractivity contribution in [3.63, 3.8) is 0 Å². The van der Waals surface area contributed by atoms with Gasteiger partial charge in [-0.1, -0.05) is 121 Å². The summed E-state index contributed by atoms with van der Waals surface area (Å²) in [7, 11) is 0. The van der Waals surface area contributed by atoms with Gasteiger partial charge < -0.3 is 4.74 Å². The van der Waals surface area contributed by atoms with Crippen LogP contribution >= 0.6 is 0 Å². The topological polar surface area (TPSA) is 9.23 Å². The second-order valence-corrected chi connectivity index (χ2v) is 9.14. The molecule has 1 saturated heterocycles. The van der Waals surface area contributed by atoms with E-state index in [9.17, 15) is 0 Å². The molecule has 1 fully saturated rings. The van der Waals surface area contributed by atoms with Gasteiger partial charge in [0.1, 0.15) is 6.10 Å². The molecule has 0 unspecified atom stereocenters. The van der Waals surface area contributed by atoms with Crippen LogP contribution in [-0.4, -0.2) is 6.10 Å². The van der Waals surface area contributed by atoms with Crippen LogP contribution in [-0.2, 0) is 11.2 Å². The Morgan fingerprint density at radius 2 is 1.24 bits per heavy atom. The fourth-order valence-electron chi connectivity index (χ4n) is 4.63. The molecule has 0 amide bonds. The van der Waals surface area contributed by atoms with E-state index in [-0.39, 0.29) is 0 Å². The minimum Gasteiger partial charge on any atom is -0.494 e. The van der Waals surface area contributed by atoms with Crippen molar-refractivity contribution in [2.45, 2.75) is 122 Å². The molecule has 29 heavy (non-hydrogen) atoms. The van der Waals surface area contributed by atoms with E-state index in [0.717, 1.165) is 5.76 Å². The van der Waals surface area contributed by atoms with Crippen molar-refractivity contribution in [3.05, 3.63) is 48.2 Å². The van der Waals surface area contributed by atoms with Gasteiger partial charge in [0.2, 0.25) is 0 Å². The molecule has 0 radical (unpaired) electrons. The summed E-state index contributed by atoms with van der Waals surface area (Å²) in [4.78, 5) is 0. The smallest absolute Gasteiger partial charge is 0.108 e. The number of unbranched alkanes of at least 4 members (excludes halogenated alkanes) is 12. The zero-order chi connectivity index (χ0) is 20.6. The van der Waals surface area contributed by atoms with Crippen molar-refractivity contribution in [1.82, 2.24) is 0 Å². The molecule has 1 aliphatic heterocycles. The highest BCUT2D eigenvalue weighted by atomic mass is 16.5. The zero-order valence-corrected chi connectivity index (χ0v) is 19.2. The van der Waals surface area contributed by atoms with Gasteiger partial charge in [0.15, 0.2) is 0 Å². The van der Waals surface area contributed by atoms with Gasteiger partial charge in [0.05, 0.1) is 11.7 Å². The zero-order valence-electron chi connectivity index (χ0n) is 19.2. The van der Waals surface area contributed by atoms with Gasteiger partial charge in [-0.3, -0.25) is 0 Å². The maximum absolute atomic E-state index is 5.88. The van der Waals surface area contributed by atoms with Crippen molar-refractivity contribution in [1.29, 1.82) is 0 Å². The molecule has 0 bridgehead atoms. The van der Waals surface area contributed by atoms with Crippen molar-refractivity contribution in [3.8, 4) is 0 Å². The average Bonchev–Trinajstić information content (AvgIpc) is 2.74. The van der Waals surface area contributed by atoms with E-state index in [1.54, 1.807) is 0 Å². The molecule has 0 N–H and O–H groups in total. The van der Waals surface area contributed by atoms with Gasteiger partial charge >= 0.3 is 0 Å². The summed E-state index contributed by atoms with van der Waals surface area (Å²) < 4.78 is 5.88. The second-order valence-electron chi connectivity index (χ2n) is 9.14. The molecule has 1 aromatic carbocycles. The molecule has 2 atom stereocenters. The second kappa shape index (κ2) is 15.6. The normalized spacial score (nSPS) is 18.4. The van der Waals surface area contributed by atoms with Crippen LogP contribution in [0.25, 0.3) is 0 Å². The van der Waals surface area contributed by atoms with Crippen molar-refractivity contribution < 1.29 is 4.74 Å². The van der Waals surface area contributed by atoms with E-state index < -0.39 is 0 Å². The minimum atomic E-state index is 0.468. The monoisotopic (exact) mass is 398 g/mol. The fourth-order valence-corrected chi connectivity index (χ4v) is 4.63. The summed E-state index contributed by atoms with van der Waals surface area (Å²) >= 11 is 0. The Balaban J connectivity index is 1.40. The Morgan fingerprint density at radius 1 is 0.690 bits per heavy atom. The molecule has 1 heteroatoms. The summed E-state index contributed by atoms with van der Waals surface area (Å²) in [5.74, 6) is 1.69. The molecule has 0 aliphatic carbocycles. The molecule has 1 aliphatic rings. The van der Waals surface area contributed by atoms with Crippen molar-refractivity contribution in [2.75, 3.05) is 0 Å². The number of benzene rings is 1. The highest BCUT2D eigenvalue weighted by Gasteiger charge is 2.35. The standard InChI is InChI=1S/C28H46O/c1-3-4-5-6-7-8-9-10-11-12-19-24-28-27(25(2)29-28)23-18-14-17-22-26-20-15-13-16-21-26/h13,15-16,20-21,27-28H,2-12,14,17-19,22-24H2,1H3/t27-,28+/m1/s1. The number of hydrogen-bond acceptors (Lipinski definition) is 1. The van der Waals surface area contributed by atoms with E-state index in [0.29, 0.717) is 12.0 Å². The largest absolute Gasteiger partial charge is 0.494 e. The average molecular weight is 399 g/mol.